The van der Waals surface area contributed by atoms with E-state index in [9.17, 15) is 4.79 Å². The van der Waals surface area contributed by atoms with Gasteiger partial charge < -0.3 is 15.0 Å². The standard InChI is InChI=1S/C15H23N3O2/c1-11(12-4-5-12)18(8-9-20-3)15(19)13-6-7-14(16-2)17-10-13/h6-7,10-12H,4-5,8-9H2,1-3H3,(H,16,17). The second-order valence-corrected chi connectivity index (χ2v) is 5.25. The SMILES string of the molecule is CNc1ccc(C(=O)N(CCOC)C(C)C2CC2)cn1. The Hall–Kier alpha value is -1.62. The number of nitrogens with zero attached hydrogens (tertiary/aromatic N) is 2. The fourth-order valence-electron chi connectivity index (χ4n) is 2.35. The quantitative estimate of drug-likeness (QED) is 0.828. The number of carbonyl (C=O) groups excluding carboxylic acids is 1. The first-order valence-electron chi connectivity index (χ1n) is 7.11. The highest BCUT2D eigenvalue weighted by molar-refractivity contribution is 5.94. The third-order valence-electron chi connectivity index (χ3n) is 3.86. The van der Waals surface area contributed by atoms with Gasteiger partial charge in [-0.2, -0.15) is 0 Å². The van der Waals surface area contributed by atoms with Gasteiger partial charge in [0, 0.05) is 32.9 Å². The molecule has 1 unspecified atom stereocenters. The molecule has 5 nitrogen and oxygen atoms in total. The number of amides is 1. The van der Waals surface area contributed by atoms with E-state index in [1.165, 1.54) is 12.8 Å². The molecule has 0 saturated heterocycles. The van der Waals surface area contributed by atoms with Gasteiger partial charge >= 0.3 is 0 Å². The molecule has 1 fully saturated rings. The van der Waals surface area contributed by atoms with Gasteiger partial charge in [0.15, 0.2) is 0 Å². The molecule has 1 amide bonds. The summed E-state index contributed by atoms with van der Waals surface area (Å²) in [5.74, 6) is 1.44. The number of carbonyl (C=O) groups is 1. The lowest BCUT2D eigenvalue weighted by Gasteiger charge is -2.29. The van der Waals surface area contributed by atoms with Gasteiger partial charge in [0.05, 0.1) is 12.2 Å². The van der Waals surface area contributed by atoms with Crippen LogP contribution < -0.4 is 5.32 Å². The fraction of sp³-hybridized carbons (Fsp3) is 0.600. The molecule has 1 aliphatic rings. The molecule has 1 saturated carbocycles. The van der Waals surface area contributed by atoms with Crippen LogP contribution in [-0.2, 0) is 4.74 Å². The predicted octanol–water partition coefficient (Wildman–Crippen LogP) is 2.01. The molecule has 20 heavy (non-hydrogen) atoms. The van der Waals surface area contributed by atoms with Crippen molar-refractivity contribution in [3.8, 4) is 0 Å². The molecule has 1 heterocycles. The molecule has 1 aromatic rings. The summed E-state index contributed by atoms with van der Waals surface area (Å²) < 4.78 is 5.13. The highest BCUT2D eigenvalue weighted by Crippen LogP contribution is 2.35. The Bertz CT molecular complexity index is 443. The molecule has 1 aromatic heterocycles. The van der Waals surface area contributed by atoms with Crippen LogP contribution in [0, 0.1) is 5.92 Å². The Kier molecular flexibility index (Phi) is 4.95. The van der Waals surface area contributed by atoms with E-state index in [2.05, 4.69) is 17.2 Å². The lowest BCUT2D eigenvalue weighted by atomic mass is 10.1. The Balaban J connectivity index is 2.10. The van der Waals surface area contributed by atoms with Crippen molar-refractivity contribution in [2.45, 2.75) is 25.8 Å². The molecular weight excluding hydrogens is 254 g/mol. The smallest absolute Gasteiger partial charge is 0.255 e. The van der Waals surface area contributed by atoms with E-state index >= 15 is 0 Å². The molecule has 0 spiro atoms. The fourth-order valence-corrected chi connectivity index (χ4v) is 2.35. The van der Waals surface area contributed by atoms with E-state index < -0.39 is 0 Å². The number of nitrogens with one attached hydrogen (secondary N) is 1. The largest absolute Gasteiger partial charge is 0.383 e. The molecule has 0 aromatic carbocycles. The zero-order valence-corrected chi connectivity index (χ0v) is 12.4. The van der Waals surface area contributed by atoms with Gasteiger partial charge in [-0.05, 0) is 37.8 Å². The van der Waals surface area contributed by atoms with Crippen molar-refractivity contribution in [2.24, 2.45) is 5.92 Å². The minimum atomic E-state index is 0.0385. The van der Waals surface area contributed by atoms with E-state index in [4.69, 9.17) is 4.74 Å². The number of aromatic nitrogens is 1. The van der Waals surface area contributed by atoms with Crippen LogP contribution in [0.1, 0.15) is 30.1 Å². The summed E-state index contributed by atoms with van der Waals surface area (Å²) in [6, 6.07) is 3.91. The monoisotopic (exact) mass is 277 g/mol. The number of ether oxygens (including phenoxy) is 1. The average Bonchev–Trinajstić information content (AvgIpc) is 3.32. The molecule has 2 rings (SSSR count). The van der Waals surface area contributed by atoms with Gasteiger partial charge in [-0.15, -0.1) is 0 Å². The maximum absolute atomic E-state index is 12.6. The molecule has 0 radical (unpaired) electrons. The molecule has 1 N–H and O–H groups in total. The van der Waals surface area contributed by atoms with Crippen molar-refractivity contribution >= 4 is 11.7 Å². The summed E-state index contributed by atoms with van der Waals surface area (Å²) in [4.78, 5) is 18.8. The lowest BCUT2D eigenvalue weighted by molar-refractivity contribution is 0.0594. The van der Waals surface area contributed by atoms with E-state index in [0.717, 1.165) is 5.82 Å². The van der Waals surface area contributed by atoms with Crippen LogP contribution in [0.4, 0.5) is 5.82 Å². The maximum atomic E-state index is 12.6. The summed E-state index contributed by atoms with van der Waals surface area (Å²) in [6.07, 6.45) is 4.07. The number of anilines is 1. The first-order chi connectivity index (χ1) is 9.67. The van der Waals surface area contributed by atoms with Gasteiger partial charge in [0.1, 0.15) is 5.82 Å². The molecule has 0 bridgehead atoms. The predicted molar refractivity (Wildman–Crippen MR) is 78.9 cm³/mol. The van der Waals surface area contributed by atoms with Crippen LogP contribution in [0.15, 0.2) is 18.3 Å². The molecule has 0 aliphatic heterocycles. The van der Waals surface area contributed by atoms with Crippen LogP contribution >= 0.6 is 0 Å². The summed E-state index contributed by atoms with van der Waals surface area (Å²) >= 11 is 0. The Morgan fingerprint density at radius 2 is 2.30 bits per heavy atom. The summed E-state index contributed by atoms with van der Waals surface area (Å²) in [7, 11) is 3.47. The molecule has 1 atom stereocenters. The highest BCUT2D eigenvalue weighted by atomic mass is 16.5. The van der Waals surface area contributed by atoms with Crippen molar-refractivity contribution in [2.75, 3.05) is 32.6 Å². The van der Waals surface area contributed by atoms with Crippen LogP contribution in [0.5, 0.6) is 0 Å². The summed E-state index contributed by atoms with van der Waals surface area (Å²) in [5, 5.41) is 2.95. The second kappa shape index (κ2) is 6.70. The third kappa shape index (κ3) is 3.48. The van der Waals surface area contributed by atoms with E-state index in [1.54, 1.807) is 13.3 Å². The maximum Gasteiger partial charge on any atom is 0.255 e. The minimum absolute atomic E-state index is 0.0385. The van der Waals surface area contributed by atoms with Crippen molar-refractivity contribution in [1.29, 1.82) is 0 Å². The van der Waals surface area contributed by atoms with Gasteiger partial charge in [-0.3, -0.25) is 4.79 Å². The van der Waals surface area contributed by atoms with Crippen LogP contribution in [0.3, 0.4) is 0 Å². The second-order valence-electron chi connectivity index (χ2n) is 5.25. The molecule has 110 valence electrons. The van der Waals surface area contributed by atoms with Gasteiger partial charge in [0.2, 0.25) is 0 Å². The normalized spacial score (nSPS) is 15.8. The van der Waals surface area contributed by atoms with Crippen LogP contribution in [-0.4, -0.2) is 49.1 Å². The van der Waals surface area contributed by atoms with Crippen molar-refractivity contribution in [3.05, 3.63) is 23.9 Å². The molecule has 1 aliphatic carbocycles. The zero-order valence-electron chi connectivity index (χ0n) is 12.4. The van der Waals surface area contributed by atoms with Crippen LogP contribution in [0.2, 0.25) is 0 Å². The first kappa shape index (κ1) is 14.8. The van der Waals surface area contributed by atoms with E-state index in [1.807, 2.05) is 24.1 Å². The van der Waals surface area contributed by atoms with Crippen LogP contribution in [0.25, 0.3) is 0 Å². The molecule has 5 heteroatoms. The van der Waals surface area contributed by atoms with Crippen molar-refractivity contribution in [1.82, 2.24) is 9.88 Å². The van der Waals surface area contributed by atoms with Gasteiger partial charge in [0.25, 0.3) is 5.91 Å². The van der Waals surface area contributed by atoms with E-state index in [-0.39, 0.29) is 11.9 Å². The Morgan fingerprint density at radius 1 is 1.55 bits per heavy atom. The average molecular weight is 277 g/mol. The highest BCUT2D eigenvalue weighted by Gasteiger charge is 2.34. The summed E-state index contributed by atoms with van der Waals surface area (Å²) in [5.41, 5.74) is 0.632. The lowest BCUT2D eigenvalue weighted by Crippen LogP contribution is -2.42. The number of methoxy groups -OCH3 is 1. The number of hydrogen-bond acceptors (Lipinski definition) is 4. The Labute approximate surface area is 120 Å². The zero-order chi connectivity index (χ0) is 14.5. The number of hydrogen-bond donors (Lipinski definition) is 1. The first-order valence-corrected chi connectivity index (χ1v) is 7.11. The topological polar surface area (TPSA) is 54.5 Å². The number of rotatable bonds is 7. The van der Waals surface area contributed by atoms with Gasteiger partial charge in [-0.1, -0.05) is 0 Å². The van der Waals surface area contributed by atoms with Crippen molar-refractivity contribution in [3.63, 3.8) is 0 Å². The van der Waals surface area contributed by atoms with E-state index in [0.29, 0.717) is 24.6 Å². The third-order valence-corrected chi connectivity index (χ3v) is 3.86. The summed E-state index contributed by atoms with van der Waals surface area (Å²) in [6.45, 7) is 3.31. The van der Waals surface area contributed by atoms with Gasteiger partial charge in [-0.25, -0.2) is 4.98 Å². The van der Waals surface area contributed by atoms with Crippen molar-refractivity contribution < 1.29 is 9.53 Å². The Morgan fingerprint density at radius 3 is 2.80 bits per heavy atom. The minimum Gasteiger partial charge on any atom is -0.383 e. The number of pyridine rings is 1. The molecular formula is C15H23N3O2.